The predicted octanol–water partition coefficient (Wildman–Crippen LogP) is 4.16. The number of carbonyl (C=O) groups is 2. The highest BCUT2D eigenvalue weighted by Crippen LogP contribution is 2.34. The number of benzene rings is 4. The Hall–Kier alpha value is -5.31. The van der Waals surface area contributed by atoms with E-state index in [-0.39, 0.29) is 31.1 Å². The van der Waals surface area contributed by atoms with Crippen LogP contribution in [-0.2, 0) is 0 Å². The van der Waals surface area contributed by atoms with E-state index in [4.69, 9.17) is 0 Å². The Morgan fingerprint density at radius 3 is 2.05 bits per heavy atom. The summed E-state index contributed by atoms with van der Waals surface area (Å²) in [5.41, 5.74) is 5.80. The molecule has 1 aliphatic heterocycles. The van der Waals surface area contributed by atoms with Gasteiger partial charge in [0.15, 0.2) is 11.0 Å². The van der Waals surface area contributed by atoms with Crippen molar-refractivity contribution in [3.63, 3.8) is 0 Å². The maximum Gasteiger partial charge on any atom is 0.290 e. The van der Waals surface area contributed by atoms with Crippen LogP contribution >= 0.6 is 0 Å². The average Bonchev–Trinajstić information content (AvgIpc) is 3.57. The molecule has 0 atom stereocenters. The molecule has 0 bridgehead atoms. The van der Waals surface area contributed by atoms with Gasteiger partial charge in [0.25, 0.3) is 17.6 Å². The highest BCUT2D eigenvalue weighted by atomic mass is 16.5. The van der Waals surface area contributed by atoms with Gasteiger partial charge in [0, 0.05) is 24.2 Å². The van der Waals surface area contributed by atoms with Crippen LogP contribution in [0.25, 0.3) is 22.4 Å². The fraction of sp³-hybridized carbons (Fsp3) is 0.100. The molecule has 5 N–H and O–H groups in total. The molecule has 0 saturated heterocycles. The van der Waals surface area contributed by atoms with E-state index in [0.717, 1.165) is 27.2 Å². The molecule has 0 spiro atoms. The van der Waals surface area contributed by atoms with Crippen molar-refractivity contribution >= 4 is 34.2 Å². The molecule has 39 heavy (non-hydrogen) atoms. The minimum atomic E-state index is -0.292. The molecular weight excluding hydrogens is 492 g/mol. The number of carbonyl (C=O) groups excluding carboxylic acids is 2. The second-order valence-electron chi connectivity index (χ2n) is 9.27. The first-order chi connectivity index (χ1) is 19.1. The van der Waals surface area contributed by atoms with Crippen LogP contribution in [0.3, 0.4) is 0 Å². The van der Waals surface area contributed by atoms with Gasteiger partial charge in [0.1, 0.15) is 6.17 Å². The maximum atomic E-state index is 12.8. The number of nitrogens with one attached hydrogen (secondary N) is 5. The highest BCUT2D eigenvalue weighted by molar-refractivity contribution is 5.96. The zero-order valence-corrected chi connectivity index (χ0v) is 20.9. The van der Waals surface area contributed by atoms with Crippen LogP contribution in [0.1, 0.15) is 32.4 Å². The Labute approximate surface area is 224 Å². The number of aromatic nitrogens is 2. The molecule has 2 amide bonds. The highest BCUT2D eigenvalue weighted by Gasteiger charge is 2.21. The van der Waals surface area contributed by atoms with Gasteiger partial charge in [-0.25, -0.2) is 9.71 Å². The molecule has 5 aromatic rings. The van der Waals surface area contributed by atoms with E-state index in [1.54, 1.807) is 42.5 Å². The number of amides is 2. The van der Waals surface area contributed by atoms with Crippen molar-refractivity contribution in [1.82, 2.24) is 15.6 Å². The summed E-state index contributed by atoms with van der Waals surface area (Å²) in [4.78, 5) is 28.6. The van der Waals surface area contributed by atoms with Gasteiger partial charge in [-0.3, -0.25) is 9.59 Å². The maximum absolute atomic E-state index is 12.8. The van der Waals surface area contributed by atoms with E-state index in [9.17, 15) is 14.8 Å². The lowest BCUT2D eigenvalue weighted by Gasteiger charge is -2.14. The third-order valence-corrected chi connectivity index (χ3v) is 6.68. The number of rotatable bonds is 7. The lowest BCUT2D eigenvalue weighted by atomic mass is 10.1. The Bertz CT molecular complexity index is 1670. The third kappa shape index (κ3) is 4.85. The first-order valence-corrected chi connectivity index (χ1v) is 12.7. The van der Waals surface area contributed by atoms with Crippen LogP contribution in [0.5, 0.6) is 0 Å². The van der Waals surface area contributed by atoms with Crippen molar-refractivity contribution in [3.8, 4) is 11.4 Å². The normalized spacial score (nSPS) is 12.4. The van der Waals surface area contributed by atoms with Crippen LogP contribution < -0.4 is 26.0 Å². The van der Waals surface area contributed by atoms with E-state index < -0.39 is 0 Å². The Morgan fingerprint density at radius 2 is 1.36 bits per heavy atom. The molecule has 9 nitrogen and oxygen atoms in total. The Balaban J connectivity index is 1.04. The van der Waals surface area contributed by atoms with Crippen LogP contribution in [0.15, 0.2) is 97.1 Å². The number of hydrogen-bond donors (Lipinski definition) is 5. The minimum absolute atomic E-state index is 0.120. The monoisotopic (exact) mass is 518 g/mol. The molecule has 0 radical (unpaired) electrons. The molecule has 0 aliphatic carbocycles. The van der Waals surface area contributed by atoms with Crippen molar-refractivity contribution < 1.29 is 14.3 Å². The number of H-pyrrole nitrogens is 1. The second kappa shape index (κ2) is 10.2. The van der Waals surface area contributed by atoms with Gasteiger partial charge in [-0.05, 0) is 60.2 Å². The number of para-hydroxylation sites is 4. The molecule has 0 fully saturated rings. The summed E-state index contributed by atoms with van der Waals surface area (Å²) < 4.78 is 0.828. The smallest absolute Gasteiger partial charge is 0.290 e. The molecule has 4 aromatic carbocycles. The van der Waals surface area contributed by atoms with Gasteiger partial charge in [-0.2, -0.15) is 0 Å². The van der Waals surface area contributed by atoms with Crippen molar-refractivity contribution in [1.29, 1.82) is 0 Å². The van der Waals surface area contributed by atoms with Crippen molar-refractivity contribution in [2.45, 2.75) is 6.17 Å². The third-order valence-electron chi connectivity index (χ3n) is 6.68. The Morgan fingerprint density at radius 1 is 0.744 bits per heavy atom. The molecule has 1 aliphatic rings. The lowest BCUT2D eigenvalue weighted by Crippen LogP contribution is -2.34. The van der Waals surface area contributed by atoms with Gasteiger partial charge >= 0.3 is 0 Å². The van der Waals surface area contributed by atoms with Gasteiger partial charge in [-0.1, -0.05) is 42.5 Å². The molecular formula is C30H26N6O3. The molecule has 194 valence electrons. The molecule has 2 heterocycles. The molecule has 6 rings (SSSR count). The van der Waals surface area contributed by atoms with Crippen LogP contribution in [-0.4, -0.2) is 29.9 Å². The average molecular weight is 519 g/mol. The molecule has 1 aromatic heterocycles. The molecule has 9 heteroatoms. The number of hydrogen-bond acceptors (Lipinski definition) is 5. The number of nitrogens with zero attached hydrogens (tertiary/aromatic N) is 1. The van der Waals surface area contributed by atoms with E-state index >= 15 is 0 Å². The fourth-order valence-corrected chi connectivity index (χ4v) is 4.72. The summed E-state index contributed by atoms with van der Waals surface area (Å²) in [6.07, 6.45) is -0.120. The first-order valence-electron chi connectivity index (χ1n) is 12.7. The van der Waals surface area contributed by atoms with E-state index in [1.165, 1.54) is 0 Å². The van der Waals surface area contributed by atoms with Crippen molar-refractivity contribution in [2.24, 2.45) is 0 Å². The van der Waals surface area contributed by atoms with Crippen molar-refractivity contribution in [2.75, 3.05) is 23.7 Å². The van der Waals surface area contributed by atoms with Crippen LogP contribution in [0.4, 0.5) is 11.4 Å². The summed E-state index contributed by atoms with van der Waals surface area (Å²) in [7, 11) is 0. The largest absolute Gasteiger partial charge is 0.710 e. The van der Waals surface area contributed by atoms with E-state index in [1.807, 2.05) is 54.6 Å². The quantitative estimate of drug-likeness (QED) is 0.126. The number of fused-ring (bicyclic) bond motifs is 2. The fourth-order valence-electron chi connectivity index (χ4n) is 4.72. The van der Waals surface area contributed by atoms with Gasteiger partial charge in [0.05, 0.1) is 16.9 Å². The zero-order valence-electron chi connectivity index (χ0n) is 20.9. The standard InChI is InChI=1S/C30H26N6O3/c37-29(21-9-5-7-19(17-21)27-33-23-11-1-2-12-24(23)34-27)31-15-16-32-30(38)22-10-6-8-20(18-22)28-35-25-13-3-4-14-26(25)36(28)39/h1-14,17-18,27,33-35H,15-16H2,(H,31,37)(H,32,38). The van der Waals surface area contributed by atoms with Gasteiger partial charge in [-0.15, -0.1) is 0 Å². The molecule has 0 saturated carbocycles. The minimum Gasteiger partial charge on any atom is -0.710 e. The Kier molecular flexibility index (Phi) is 6.30. The summed E-state index contributed by atoms with van der Waals surface area (Å²) >= 11 is 0. The molecule has 0 unspecified atom stereocenters. The second-order valence-corrected chi connectivity index (χ2v) is 9.27. The number of aromatic amines is 1. The SMILES string of the molecule is O=C(NCCNC(=O)c1cccc(C2Nc3ccccc3N2)c1)c1cccc(-c2[nH]c3ccccc3[n+]2[O-])c1. The van der Waals surface area contributed by atoms with Crippen LogP contribution in [0, 0.1) is 5.21 Å². The summed E-state index contributed by atoms with van der Waals surface area (Å²) in [6, 6.07) is 29.5. The first kappa shape index (κ1) is 24.1. The summed E-state index contributed by atoms with van der Waals surface area (Å²) in [6.45, 7) is 0.520. The van der Waals surface area contributed by atoms with Crippen LogP contribution in [0.2, 0.25) is 0 Å². The predicted molar refractivity (Wildman–Crippen MR) is 150 cm³/mol. The van der Waals surface area contributed by atoms with Crippen molar-refractivity contribution in [3.05, 3.63) is 119 Å². The summed E-state index contributed by atoms with van der Waals surface area (Å²) in [5.74, 6) is -0.144. The summed E-state index contributed by atoms with van der Waals surface area (Å²) in [5, 5.41) is 25.2. The number of imidazole rings is 1. The zero-order chi connectivity index (χ0) is 26.8. The topological polar surface area (TPSA) is 125 Å². The van der Waals surface area contributed by atoms with E-state index in [2.05, 4.69) is 26.3 Å². The van der Waals surface area contributed by atoms with E-state index in [0.29, 0.717) is 28.0 Å². The number of anilines is 2. The van der Waals surface area contributed by atoms with Gasteiger partial charge < -0.3 is 26.5 Å². The van der Waals surface area contributed by atoms with Gasteiger partial charge in [0.2, 0.25) is 0 Å². The lowest BCUT2D eigenvalue weighted by molar-refractivity contribution is -0.564.